The molecule has 0 aliphatic rings. The van der Waals surface area contributed by atoms with Gasteiger partial charge in [-0.15, -0.1) is 11.3 Å². The minimum absolute atomic E-state index is 1.01. The van der Waals surface area contributed by atoms with Gasteiger partial charge in [-0.2, -0.15) is 0 Å². The Kier molecular flexibility index (Phi) is 2.35. The molecule has 0 aliphatic carbocycles. The first-order chi connectivity index (χ1) is 9.42. The average molecular weight is 260 g/mol. The van der Waals surface area contributed by atoms with E-state index in [-0.39, 0.29) is 0 Å². The highest BCUT2D eigenvalue weighted by Gasteiger charge is 2.06. The molecule has 1 heterocycles. The monoisotopic (exact) mass is 260 g/mol. The second kappa shape index (κ2) is 4.18. The van der Waals surface area contributed by atoms with E-state index >= 15 is 0 Å². The molecular formula is C17H10NS. The van der Waals surface area contributed by atoms with Crippen molar-refractivity contribution >= 4 is 32.9 Å². The molecule has 0 spiro atoms. The summed E-state index contributed by atoms with van der Waals surface area (Å²) in [6, 6.07) is 19.3. The first-order valence-electron chi connectivity index (χ1n) is 6.15. The summed E-state index contributed by atoms with van der Waals surface area (Å²) in [6.45, 7) is 0. The Bertz CT molecular complexity index is 863. The minimum atomic E-state index is 1.01. The number of nitrogens with zero attached hydrogens (tertiary/aromatic N) is 1. The third kappa shape index (κ3) is 1.72. The van der Waals surface area contributed by atoms with Crippen LogP contribution in [0.5, 0.6) is 0 Å². The lowest BCUT2D eigenvalue weighted by Crippen LogP contribution is -1.82. The molecule has 0 bridgehead atoms. The Labute approximate surface area is 115 Å². The number of aromatic nitrogens is 1. The lowest BCUT2D eigenvalue weighted by Gasteiger charge is -2.06. The number of benzene rings is 3. The molecule has 1 radical (unpaired) electrons. The highest BCUT2D eigenvalue weighted by atomic mass is 32.1. The average Bonchev–Trinajstić information content (AvgIpc) is 2.98. The van der Waals surface area contributed by atoms with Crippen LogP contribution in [-0.4, -0.2) is 4.98 Å². The molecule has 1 nitrogen and oxygen atoms in total. The molecule has 0 amide bonds. The van der Waals surface area contributed by atoms with Gasteiger partial charge in [-0.25, -0.2) is 4.98 Å². The van der Waals surface area contributed by atoms with Crippen LogP contribution in [0.2, 0.25) is 0 Å². The van der Waals surface area contributed by atoms with Gasteiger partial charge in [0.25, 0.3) is 0 Å². The van der Waals surface area contributed by atoms with E-state index in [1.54, 1.807) is 0 Å². The van der Waals surface area contributed by atoms with Gasteiger partial charge in [0.15, 0.2) is 5.51 Å². The van der Waals surface area contributed by atoms with Crippen molar-refractivity contribution in [3.8, 4) is 11.3 Å². The van der Waals surface area contributed by atoms with Crippen LogP contribution in [0.25, 0.3) is 32.8 Å². The second-order valence-electron chi connectivity index (χ2n) is 4.55. The molecule has 1 aromatic heterocycles. The zero-order chi connectivity index (χ0) is 12.7. The van der Waals surface area contributed by atoms with E-state index in [9.17, 15) is 0 Å². The van der Waals surface area contributed by atoms with Crippen molar-refractivity contribution in [2.24, 2.45) is 0 Å². The molecule has 2 heteroatoms. The van der Waals surface area contributed by atoms with Crippen LogP contribution >= 0.6 is 11.3 Å². The summed E-state index contributed by atoms with van der Waals surface area (Å²) in [5.41, 5.74) is 5.11. The van der Waals surface area contributed by atoms with Crippen molar-refractivity contribution in [3.63, 3.8) is 0 Å². The van der Waals surface area contributed by atoms with Gasteiger partial charge in [0.2, 0.25) is 0 Å². The van der Waals surface area contributed by atoms with Crippen molar-refractivity contribution < 1.29 is 0 Å². The summed E-state index contributed by atoms with van der Waals surface area (Å²) in [4.78, 5) is 4.31. The summed E-state index contributed by atoms with van der Waals surface area (Å²) in [7, 11) is 0. The Hall–Kier alpha value is -2.19. The van der Waals surface area contributed by atoms with Crippen molar-refractivity contribution in [2.75, 3.05) is 0 Å². The van der Waals surface area contributed by atoms with E-state index in [1.807, 2.05) is 5.38 Å². The van der Waals surface area contributed by atoms with Crippen molar-refractivity contribution in [3.05, 3.63) is 65.5 Å². The molecule has 0 aliphatic heterocycles. The van der Waals surface area contributed by atoms with Crippen molar-refractivity contribution in [2.45, 2.75) is 0 Å². The van der Waals surface area contributed by atoms with Crippen LogP contribution in [-0.2, 0) is 0 Å². The zero-order valence-corrected chi connectivity index (χ0v) is 10.9. The molecule has 3 aromatic carbocycles. The molecule has 0 unspecified atom stereocenters. The molecular weight excluding hydrogens is 250 g/mol. The molecule has 4 rings (SSSR count). The summed E-state index contributed by atoms with van der Waals surface area (Å²) >= 11 is 1.51. The fourth-order valence-electron chi connectivity index (χ4n) is 2.50. The van der Waals surface area contributed by atoms with Gasteiger partial charge in [-0.05, 0) is 33.7 Å². The van der Waals surface area contributed by atoms with Crippen LogP contribution in [0.15, 0.2) is 60.0 Å². The molecule has 4 aromatic rings. The van der Waals surface area contributed by atoms with Gasteiger partial charge in [-0.1, -0.05) is 42.5 Å². The van der Waals surface area contributed by atoms with Crippen LogP contribution in [0, 0.1) is 5.51 Å². The number of hydrogen-bond acceptors (Lipinski definition) is 2. The van der Waals surface area contributed by atoms with Crippen LogP contribution in [0.4, 0.5) is 0 Å². The largest absolute Gasteiger partial charge is 0.233 e. The molecule has 0 saturated carbocycles. The first-order valence-corrected chi connectivity index (χ1v) is 7.03. The molecule has 0 atom stereocenters. The van der Waals surface area contributed by atoms with Gasteiger partial charge in [0.1, 0.15) is 0 Å². The number of hydrogen-bond donors (Lipinski definition) is 0. The maximum absolute atomic E-state index is 4.31. The van der Waals surface area contributed by atoms with E-state index in [0.717, 1.165) is 5.69 Å². The third-order valence-electron chi connectivity index (χ3n) is 3.41. The lowest BCUT2D eigenvalue weighted by molar-refractivity contribution is 1.41. The highest BCUT2D eigenvalue weighted by Crippen LogP contribution is 2.31. The van der Waals surface area contributed by atoms with Gasteiger partial charge in [0.05, 0.1) is 5.69 Å². The first kappa shape index (κ1) is 10.7. The van der Waals surface area contributed by atoms with Gasteiger partial charge in [-0.3, -0.25) is 0 Å². The van der Waals surface area contributed by atoms with Crippen molar-refractivity contribution in [1.29, 1.82) is 0 Å². The SMILES string of the molecule is [c]1nc(-c2cccc3cc4ccccc4cc23)cs1. The van der Waals surface area contributed by atoms with Crippen LogP contribution in [0.1, 0.15) is 0 Å². The number of fused-ring (bicyclic) bond motifs is 2. The van der Waals surface area contributed by atoms with Crippen molar-refractivity contribution in [1.82, 2.24) is 4.98 Å². The summed E-state index contributed by atoms with van der Waals surface area (Å²) in [5, 5.41) is 7.09. The predicted molar refractivity (Wildman–Crippen MR) is 81.4 cm³/mol. The minimum Gasteiger partial charge on any atom is -0.233 e. The van der Waals surface area contributed by atoms with Crippen LogP contribution < -0.4 is 0 Å². The smallest absolute Gasteiger partial charge is 0.152 e. The molecule has 0 fully saturated rings. The van der Waals surface area contributed by atoms with Crippen LogP contribution in [0.3, 0.4) is 0 Å². The standard InChI is InChI=1S/C17H10NS/c1-2-5-13-9-16-14(8-12(13)4-1)6-3-7-15(16)17-10-19-11-18-17/h1-10H. The van der Waals surface area contributed by atoms with Gasteiger partial charge < -0.3 is 0 Å². The maximum atomic E-state index is 4.31. The summed E-state index contributed by atoms with van der Waals surface area (Å²) in [5.74, 6) is 0. The second-order valence-corrected chi connectivity index (χ2v) is 5.20. The summed E-state index contributed by atoms with van der Waals surface area (Å²) < 4.78 is 0. The Morgan fingerprint density at radius 2 is 1.63 bits per heavy atom. The topological polar surface area (TPSA) is 12.9 Å². The fraction of sp³-hybridized carbons (Fsp3) is 0. The normalized spacial score (nSPS) is 11.2. The quantitative estimate of drug-likeness (QED) is 0.443. The molecule has 19 heavy (non-hydrogen) atoms. The molecule has 0 N–H and O–H groups in total. The highest BCUT2D eigenvalue weighted by molar-refractivity contribution is 7.07. The summed E-state index contributed by atoms with van der Waals surface area (Å²) in [6.07, 6.45) is 0. The van der Waals surface area contributed by atoms with E-state index in [4.69, 9.17) is 0 Å². The van der Waals surface area contributed by atoms with Gasteiger partial charge in [0, 0.05) is 10.9 Å². The van der Waals surface area contributed by atoms with E-state index in [0.29, 0.717) is 0 Å². The maximum Gasteiger partial charge on any atom is 0.152 e. The zero-order valence-electron chi connectivity index (χ0n) is 10.1. The lowest BCUT2D eigenvalue weighted by atomic mass is 9.98. The van der Waals surface area contributed by atoms with Gasteiger partial charge >= 0.3 is 0 Å². The fourth-order valence-corrected chi connectivity index (χ4v) is 2.99. The number of thiazole rings is 1. The van der Waals surface area contributed by atoms with E-state index < -0.39 is 0 Å². The molecule has 0 saturated heterocycles. The Morgan fingerprint density at radius 3 is 2.42 bits per heavy atom. The Morgan fingerprint density at radius 1 is 0.842 bits per heavy atom. The predicted octanol–water partition coefficient (Wildman–Crippen LogP) is 4.92. The third-order valence-corrected chi connectivity index (χ3v) is 3.95. The van der Waals surface area contributed by atoms with E-state index in [2.05, 4.69) is 65.1 Å². The number of rotatable bonds is 1. The molecule has 89 valence electrons. The van der Waals surface area contributed by atoms with E-state index in [1.165, 1.54) is 38.4 Å². The Balaban J connectivity index is 2.12.